The highest BCUT2D eigenvalue weighted by molar-refractivity contribution is 7.07. The molecule has 1 aliphatic rings. The molecule has 6 rings (SSSR count). The van der Waals surface area contributed by atoms with Crippen LogP contribution in [-0.2, 0) is 9.53 Å². The normalized spacial score (nSPS) is 14.6. The number of esters is 1. The number of H-pyrrole nitrogens is 1. The van der Waals surface area contributed by atoms with Crippen LogP contribution in [0.15, 0.2) is 87.8 Å². The number of nitrogens with one attached hydrogen (secondary N) is 1. The number of aromatic nitrogens is 2. The molecule has 2 aromatic heterocycles. The van der Waals surface area contributed by atoms with Crippen molar-refractivity contribution in [1.29, 1.82) is 0 Å². The van der Waals surface area contributed by atoms with E-state index in [1.54, 1.807) is 51.0 Å². The number of rotatable bonds is 10. The van der Waals surface area contributed by atoms with Gasteiger partial charge in [0.1, 0.15) is 23.3 Å². The number of nitrogens with zero attached hydrogens (tertiary/aromatic N) is 2. The second kappa shape index (κ2) is 13.1. The zero-order valence-corrected chi connectivity index (χ0v) is 27.2. The van der Waals surface area contributed by atoms with E-state index in [1.165, 1.54) is 11.3 Å². The molecular formula is C36H35N3O6S. The van der Waals surface area contributed by atoms with Gasteiger partial charge in [-0.25, -0.2) is 9.79 Å². The molecule has 0 radical (unpaired) electrons. The zero-order valence-electron chi connectivity index (χ0n) is 26.4. The first-order valence-corrected chi connectivity index (χ1v) is 15.9. The van der Waals surface area contributed by atoms with Gasteiger partial charge in [0.15, 0.2) is 4.80 Å². The maximum Gasteiger partial charge on any atom is 0.338 e. The Kier molecular flexibility index (Phi) is 8.81. The highest BCUT2D eigenvalue weighted by Crippen LogP contribution is 2.39. The lowest BCUT2D eigenvalue weighted by atomic mass is 9.93. The molecule has 3 aromatic carbocycles. The van der Waals surface area contributed by atoms with Crippen LogP contribution in [0.2, 0.25) is 0 Å². The van der Waals surface area contributed by atoms with Crippen LogP contribution in [0.25, 0.3) is 28.2 Å². The minimum absolute atomic E-state index is 0.181. The van der Waals surface area contributed by atoms with Gasteiger partial charge in [0, 0.05) is 22.0 Å². The van der Waals surface area contributed by atoms with Gasteiger partial charge < -0.3 is 23.9 Å². The van der Waals surface area contributed by atoms with Crippen LogP contribution in [0.1, 0.15) is 43.9 Å². The van der Waals surface area contributed by atoms with Crippen molar-refractivity contribution in [1.82, 2.24) is 9.55 Å². The molecule has 10 heteroatoms. The summed E-state index contributed by atoms with van der Waals surface area (Å²) in [5, 5.41) is 0.911. The smallest absolute Gasteiger partial charge is 0.338 e. The molecule has 0 spiro atoms. The van der Waals surface area contributed by atoms with Crippen molar-refractivity contribution in [3.05, 3.63) is 109 Å². The fraction of sp³-hybridized carbons (Fsp3) is 0.250. The van der Waals surface area contributed by atoms with Gasteiger partial charge in [0.25, 0.3) is 5.56 Å². The molecule has 1 N–H and O–H groups in total. The van der Waals surface area contributed by atoms with Crippen molar-refractivity contribution in [2.75, 3.05) is 27.9 Å². The maximum absolute atomic E-state index is 14.6. The van der Waals surface area contributed by atoms with Crippen LogP contribution < -0.4 is 29.1 Å². The Morgan fingerprint density at radius 2 is 1.72 bits per heavy atom. The van der Waals surface area contributed by atoms with Crippen molar-refractivity contribution < 1.29 is 23.7 Å². The van der Waals surface area contributed by atoms with Crippen LogP contribution >= 0.6 is 11.3 Å². The average molecular weight is 638 g/mol. The summed E-state index contributed by atoms with van der Waals surface area (Å²) in [5.41, 5.74) is 4.83. The largest absolute Gasteiger partial charge is 0.497 e. The second-order valence-electron chi connectivity index (χ2n) is 10.7. The fourth-order valence-electron chi connectivity index (χ4n) is 5.90. The Labute approximate surface area is 270 Å². The molecule has 0 aliphatic carbocycles. The summed E-state index contributed by atoms with van der Waals surface area (Å²) >= 11 is 1.29. The van der Waals surface area contributed by atoms with Gasteiger partial charge in [0.05, 0.1) is 49.4 Å². The number of hydrogen-bond donors (Lipinski definition) is 1. The number of thiazole rings is 1. The third-order valence-electron chi connectivity index (χ3n) is 8.01. The molecule has 0 amide bonds. The number of aromatic amines is 1. The summed E-state index contributed by atoms with van der Waals surface area (Å²) in [5.74, 6) is 1.26. The SMILES string of the molecule is CCCC1=C(C(=O)OCC)[C@H](c2cc(OC)ccc2OC)n2c(s/c(=C\c3c(-c4ccccc4)[nH]c4ccc(OC)cc34)c2=O)=N1. The quantitative estimate of drug-likeness (QED) is 0.196. The van der Waals surface area contributed by atoms with Crippen LogP contribution in [0.5, 0.6) is 17.2 Å². The highest BCUT2D eigenvalue weighted by Gasteiger charge is 2.36. The summed E-state index contributed by atoms with van der Waals surface area (Å²) in [6, 6.07) is 20.3. The summed E-state index contributed by atoms with van der Waals surface area (Å²) in [6.07, 6.45) is 3.18. The van der Waals surface area contributed by atoms with E-state index in [2.05, 4.69) is 4.98 Å². The molecule has 0 unspecified atom stereocenters. The van der Waals surface area contributed by atoms with Crippen molar-refractivity contribution in [2.24, 2.45) is 4.99 Å². The van der Waals surface area contributed by atoms with E-state index in [9.17, 15) is 9.59 Å². The first-order valence-electron chi connectivity index (χ1n) is 15.1. The Morgan fingerprint density at radius 1 is 0.978 bits per heavy atom. The van der Waals surface area contributed by atoms with Crippen LogP contribution in [0.4, 0.5) is 0 Å². The molecule has 236 valence electrons. The van der Waals surface area contributed by atoms with E-state index in [-0.39, 0.29) is 12.2 Å². The average Bonchev–Trinajstić information content (AvgIpc) is 3.60. The number of ether oxygens (including phenoxy) is 4. The third kappa shape index (κ3) is 5.49. The van der Waals surface area contributed by atoms with Gasteiger partial charge in [-0.1, -0.05) is 55.0 Å². The topological polar surface area (TPSA) is 104 Å². The van der Waals surface area contributed by atoms with Crippen LogP contribution in [0.3, 0.4) is 0 Å². The highest BCUT2D eigenvalue weighted by atomic mass is 32.1. The standard InChI is InChI=1S/C36H35N3O6S/c1-6-11-28-31(35(41)45-7-2)33(26-19-23(43-4)15-17-29(26)44-5)39-34(40)30(46-36(39)38-28)20-25-24-18-22(42-3)14-16-27(24)37-32(25)21-12-9-8-10-13-21/h8-10,12-20,33,37H,6-7,11H2,1-5H3/b30-20-/t33-/m0/s1. The minimum Gasteiger partial charge on any atom is -0.497 e. The van der Waals surface area contributed by atoms with E-state index < -0.39 is 12.0 Å². The second-order valence-corrected chi connectivity index (χ2v) is 11.7. The van der Waals surface area contributed by atoms with Crippen molar-refractivity contribution in [2.45, 2.75) is 32.7 Å². The van der Waals surface area contributed by atoms with E-state index in [4.69, 9.17) is 23.9 Å². The van der Waals surface area contributed by atoms with Crippen molar-refractivity contribution >= 4 is 34.3 Å². The lowest BCUT2D eigenvalue weighted by Gasteiger charge is -2.27. The predicted octanol–water partition coefficient (Wildman–Crippen LogP) is 5.75. The molecular weight excluding hydrogens is 602 g/mol. The summed E-state index contributed by atoms with van der Waals surface area (Å²) in [7, 11) is 4.76. The zero-order chi connectivity index (χ0) is 32.4. The Morgan fingerprint density at radius 3 is 2.41 bits per heavy atom. The third-order valence-corrected chi connectivity index (χ3v) is 8.99. The Bertz CT molecular complexity index is 2140. The van der Waals surface area contributed by atoms with Gasteiger partial charge >= 0.3 is 5.97 Å². The van der Waals surface area contributed by atoms with Gasteiger partial charge in [-0.2, -0.15) is 0 Å². The van der Waals surface area contributed by atoms with Crippen LogP contribution in [-0.4, -0.2) is 43.5 Å². The lowest BCUT2D eigenvalue weighted by Crippen LogP contribution is -2.40. The number of benzene rings is 3. The van der Waals surface area contributed by atoms with Gasteiger partial charge in [-0.05, 0) is 61.4 Å². The molecule has 0 bridgehead atoms. The molecule has 0 saturated heterocycles. The van der Waals surface area contributed by atoms with Gasteiger partial charge in [-0.3, -0.25) is 9.36 Å². The first-order chi connectivity index (χ1) is 22.4. The van der Waals surface area contributed by atoms with E-state index in [0.717, 1.165) is 34.1 Å². The van der Waals surface area contributed by atoms with Gasteiger partial charge in [0.2, 0.25) is 0 Å². The summed E-state index contributed by atoms with van der Waals surface area (Å²) < 4.78 is 24.5. The molecule has 5 aromatic rings. The van der Waals surface area contributed by atoms with Crippen molar-refractivity contribution in [3.63, 3.8) is 0 Å². The van der Waals surface area contributed by atoms with Crippen LogP contribution in [0, 0.1) is 0 Å². The molecule has 1 atom stereocenters. The van der Waals surface area contributed by atoms with E-state index >= 15 is 0 Å². The fourth-order valence-corrected chi connectivity index (χ4v) is 6.90. The number of hydrogen-bond acceptors (Lipinski definition) is 8. The number of carbonyl (C=O) groups excluding carboxylic acids is 1. The molecule has 46 heavy (non-hydrogen) atoms. The van der Waals surface area contributed by atoms with E-state index in [0.29, 0.717) is 49.8 Å². The minimum atomic E-state index is -0.847. The maximum atomic E-state index is 14.6. The Hall–Kier alpha value is -5.09. The lowest BCUT2D eigenvalue weighted by molar-refractivity contribution is -0.139. The molecule has 0 fully saturated rings. The molecule has 1 aliphatic heterocycles. The number of methoxy groups -OCH3 is 3. The number of fused-ring (bicyclic) bond motifs is 2. The number of allylic oxidation sites excluding steroid dienone is 1. The van der Waals surface area contributed by atoms with Gasteiger partial charge in [-0.15, -0.1) is 0 Å². The first kappa shape index (κ1) is 30.9. The summed E-state index contributed by atoms with van der Waals surface area (Å²) in [6.45, 7) is 3.97. The Balaban J connectivity index is 1.67. The molecule has 9 nitrogen and oxygen atoms in total. The molecule has 3 heterocycles. The number of carbonyl (C=O) groups is 1. The predicted molar refractivity (Wildman–Crippen MR) is 179 cm³/mol. The monoisotopic (exact) mass is 637 g/mol. The summed E-state index contributed by atoms with van der Waals surface area (Å²) in [4.78, 5) is 37.2. The van der Waals surface area contributed by atoms with E-state index in [1.807, 2.05) is 61.5 Å². The molecule has 0 saturated carbocycles. The van der Waals surface area contributed by atoms with Crippen molar-refractivity contribution in [3.8, 4) is 28.5 Å².